The first kappa shape index (κ1) is 14.1. The van der Waals surface area contributed by atoms with Crippen LogP contribution in [-0.4, -0.2) is 21.1 Å². The zero-order valence-electron chi connectivity index (χ0n) is 12.4. The number of aryl methyl sites for hydroxylation is 2. The van der Waals surface area contributed by atoms with Crippen LogP contribution in [0.4, 0.5) is 5.69 Å². The first-order chi connectivity index (χ1) is 9.97. The van der Waals surface area contributed by atoms with Gasteiger partial charge in [-0.2, -0.15) is 5.10 Å². The Labute approximate surface area is 127 Å². The highest BCUT2D eigenvalue weighted by Crippen LogP contribution is 2.42. The fourth-order valence-corrected chi connectivity index (χ4v) is 3.43. The van der Waals surface area contributed by atoms with E-state index in [1.54, 1.807) is 11.3 Å². The summed E-state index contributed by atoms with van der Waals surface area (Å²) in [7, 11) is 0. The van der Waals surface area contributed by atoms with Crippen molar-refractivity contribution in [3.05, 3.63) is 27.0 Å². The van der Waals surface area contributed by atoms with Gasteiger partial charge in [0.05, 0.1) is 28.1 Å². The van der Waals surface area contributed by atoms with E-state index in [9.17, 15) is 4.79 Å². The number of nitrogens with one attached hydrogen (secondary N) is 2. The minimum Gasteiger partial charge on any atom is -0.395 e. The molecule has 0 saturated heterocycles. The van der Waals surface area contributed by atoms with E-state index in [1.807, 2.05) is 20.8 Å². The van der Waals surface area contributed by atoms with Crippen LogP contribution in [0.15, 0.2) is 0 Å². The number of carbonyl (C=O) groups is 1. The lowest BCUT2D eigenvalue weighted by Crippen LogP contribution is -2.27. The fraction of sp³-hybridized carbons (Fsp3) is 0.500. The number of rotatable bonds is 4. The van der Waals surface area contributed by atoms with E-state index in [4.69, 9.17) is 5.73 Å². The number of thiazole rings is 1. The number of aromatic nitrogens is 3. The third-order valence-electron chi connectivity index (χ3n) is 3.71. The summed E-state index contributed by atoms with van der Waals surface area (Å²) in [6.07, 6.45) is 2.23. The minimum absolute atomic E-state index is 0.107. The molecule has 1 saturated carbocycles. The molecule has 6 nitrogen and oxygen atoms in total. The Hall–Kier alpha value is -1.89. The van der Waals surface area contributed by atoms with Crippen LogP contribution in [0.25, 0.3) is 0 Å². The first-order valence-electron chi connectivity index (χ1n) is 7.06. The van der Waals surface area contributed by atoms with Crippen LogP contribution in [-0.2, 0) is 0 Å². The summed E-state index contributed by atoms with van der Waals surface area (Å²) in [5.74, 6) is 0.205. The summed E-state index contributed by atoms with van der Waals surface area (Å²) in [6, 6.07) is -0.107. The van der Waals surface area contributed by atoms with E-state index in [0.29, 0.717) is 17.3 Å². The summed E-state index contributed by atoms with van der Waals surface area (Å²) in [5.41, 5.74) is 8.67. The normalized spacial score (nSPS) is 16.0. The molecule has 0 aromatic carbocycles. The van der Waals surface area contributed by atoms with Gasteiger partial charge in [0, 0.05) is 10.8 Å². The number of aromatic amines is 1. The number of nitrogen functional groups attached to an aromatic ring is 1. The van der Waals surface area contributed by atoms with Crippen LogP contribution in [0, 0.1) is 13.8 Å². The van der Waals surface area contributed by atoms with Gasteiger partial charge in [-0.05, 0) is 33.6 Å². The van der Waals surface area contributed by atoms with Crippen molar-refractivity contribution < 1.29 is 4.79 Å². The monoisotopic (exact) mass is 305 g/mol. The highest BCUT2D eigenvalue weighted by atomic mass is 32.1. The lowest BCUT2D eigenvalue weighted by Gasteiger charge is -2.12. The highest BCUT2D eigenvalue weighted by molar-refractivity contribution is 7.11. The van der Waals surface area contributed by atoms with Crippen LogP contribution in [0.3, 0.4) is 0 Å². The Morgan fingerprint density at radius 1 is 1.48 bits per heavy atom. The van der Waals surface area contributed by atoms with Crippen molar-refractivity contribution in [3.63, 3.8) is 0 Å². The van der Waals surface area contributed by atoms with Gasteiger partial charge in [-0.1, -0.05) is 0 Å². The Morgan fingerprint density at radius 3 is 2.76 bits per heavy atom. The Morgan fingerprint density at radius 2 is 2.19 bits per heavy atom. The fourth-order valence-electron chi connectivity index (χ4n) is 2.50. The summed E-state index contributed by atoms with van der Waals surface area (Å²) in [6.45, 7) is 5.86. The number of carbonyl (C=O) groups excluding carboxylic acids is 1. The second-order valence-corrected chi connectivity index (χ2v) is 6.79. The van der Waals surface area contributed by atoms with Crippen molar-refractivity contribution in [1.82, 2.24) is 20.5 Å². The summed E-state index contributed by atoms with van der Waals surface area (Å²) in [5, 5.41) is 10.9. The van der Waals surface area contributed by atoms with E-state index < -0.39 is 0 Å². The van der Waals surface area contributed by atoms with Gasteiger partial charge < -0.3 is 11.1 Å². The van der Waals surface area contributed by atoms with E-state index in [0.717, 1.165) is 34.1 Å². The molecule has 21 heavy (non-hydrogen) atoms. The number of nitrogens with zero attached hydrogens (tertiary/aromatic N) is 2. The summed E-state index contributed by atoms with van der Waals surface area (Å²) < 4.78 is 0. The van der Waals surface area contributed by atoms with Crippen LogP contribution < -0.4 is 11.1 Å². The SMILES string of the molecule is Cc1nc(C)c(C(C)NC(=O)c2n[nH]c(C3CC3)c2N)s1. The van der Waals surface area contributed by atoms with Gasteiger partial charge >= 0.3 is 0 Å². The number of hydrogen-bond donors (Lipinski definition) is 3. The van der Waals surface area contributed by atoms with Crippen molar-refractivity contribution in [2.45, 2.75) is 45.6 Å². The Balaban J connectivity index is 1.75. The zero-order valence-corrected chi connectivity index (χ0v) is 13.2. The largest absolute Gasteiger partial charge is 0.395 e. The molecule has 2 heterocycles. The van der Waals surface area contributed by atoms with Crippen molar-refractivity contribution in [1.29, 1.82) is 0 Å². The average Bonchev–Trinajstić information content (AvgIpc) is 3.10. The quantitative estimate of drug-likeness (QED) is 0.808. The third-order valence-corrected chi connectivity index (χ3v) is 4.97. The number of hydrogen-bond acceptors (Lipinski definition) is 5. The van der Waals surface area contributed by atoms with Crippen molar-refractivity contribution in [2.24, 2.45) is 0 Å². The predicted molar refractivity (Wildman–Crippen MR) is 82.4 cm³/mol. The Kier molecular flexibility index (Phi) is 3.44. The summed E-state index contributed by atoms with van der Waals surface area (Å²) in [4.78, 5) is 17.8. The number of nitrogens with two attached hydrogens (primary N) is 1. The highest BCUT2D eigenvalue weighted by Gasteiger charge is 2.30. The molecule has 1 aliphatic carbocycles. The summed E-state index contributed by atoms with van der Waals surface area (Å²) >= 11 is 1.60. The van der Waals surface area contributed by atoms with Gasteiger partial charge in [0.1, 0.15) is 0 Å². The maximum absolute atomic E-state index is 12.3. The molecule has 3 rings (SSSR count). The molecular formula is C14H19N5OS. The molecule has 1 amide bonds. The van der Waals surface area contributed by atoms with Gasteiger partial charge in [-0.15, -0.1) is 11.3 Å². The minimum atomic E-state index is -0.242. The van der Waals surface area contributed by atoms with Crippen LogP contribution in [0.2, 0.25) is 0 Å². The molecule has 1 atom stereocenters. The molecule has 0 spiro atoms. The van der Waals surface area contributed by atoms with E-state index >= 15 is 0 Å². The second-order valence-electron chi connectivity index (χ2n) is 5.55. The van der Waals surface area contributed by atoms with Gasteiger partial charge in [0.25, 0.3) is 5.91 Å². The third kappa shape index (κ3) is 2.65. The van der Waals surface area contributed by atoms with Crippen molar-refractivity contribution in [2.75, 3.05) is 5.73 Å². The standard InChI is InChI=1S/C14H19N5OS/c1-6-13(21-8(3)16-6)7(2)17-14(20)12-10(15)11(18-19-12)9-4-5-9/h7,9H,4-5,15H2,1-3H3,(H,17,20)(H,18,19). The van der Waals surface area contributed by atoms with Gasteiger partial charge in [0.2, 0.25) is 0 Å². The number of amides is 1. The molecule has 112 valence electrons. The topological polar surface area (TPSA) is 96.7 Å². The van der Waals surface area contributed by atoms with E-state index in [-0.39, 0.29) is 11.9 Å². The van der Waals surface area contributed by atoms with Gasteiger partial charge in [-0.25, -0.2) is 4.98 Å². The average molecular weight is 305 g/mol. The van der Waals surface area contributed by atoms with Crippen LogP contribution in [0.5, 0.6) is 0 Å². The molecule has 2 aromatic heterocycles. The smallest absolute Gasteiger partial charge is 0.274 e. The van der Waals surface area contributed by atoms with E-state index in [1.165, 1.54) is 0 Å². The van der Waals surface area contributed by atoms with Gasteiger partial charge in [0.15, 0.2) is 5.69 Å². The molecule has 1 unspecified atom stereocenters. The number of anilines is 1. The molecular weight excluding hydrogens is 286 g/mol. The number of H-pyrrole nitrogens is 1. The van der Waals surface area contributed by atoms with Crippen molar-refractivity contribution in [3.8, 4) is 0 Å². The lowest BCUT2D eigenvalue weighted by molar-refractivity contribution is 0.0936. The lowest BCUT2D eigenvalue weighted by atomic mass is 10.2. The molecule has 1 fully saturated rings. The molecule has 0 aliphatic heterocycles. The van der Waals surface area contributed by atoms with E-state index in [2.05, 4.69) is 20.5 Å². The van der Waals surface area contributed by atoms with Crippen molar-refractivity contribution >= 4 is 22.9 Å². The maximum Gasteiger partial charge on any atom is 0.274 e. The molecule has 7 heteroatoms. The molecule has 2 aromatic rings. The first-order valence-corrected chi connectivity index (χ1v) is 7.87. The molecule has 0 bridgehead atoms. The van der Waals surface area contributed by atoms with Crippen LogP contribution in [0.1, 0.15) is 63.5 Å². The van der Waals surface area contributed by atoms with Crippen LogP contribution >= 0.6 is 11.3 Å². The maximum atomic E-state index is 12.3. The molecule has 0 radical (unpaired) electrons. The second kappa shape index (κ2) is 5.14. The molecule has 1 aliphatic rings. The molecule has 4 N–H and O–H groups in total. The predicted octanol–water partition coefficient (Wildman–Crippen LogP) is 2.43. The Bertz CT molecular complexity index is 686. The van der Waals surface area contributed by atoms with Gasteiger partial charge in [-0.3, -0.25) is 9.89 Å². The zero-order chi connectivity index (χ0) is 15.1.